The number of phenols is 1. The van der Waals surface area contributed by atoms with Crippen LogP contribution in [-0.2, 0) is 14.9 Å². The van der Waals surface area contributed by atoms with Gasteiger partial charge in [-0.2, -0.15) is 17.2 Å². The lowest BCUT2D eigenvalue weighted by atomic mass is 10.0. The van der Waals surface area contributed by atoms with Gasteiger partial charge in [-0.3, -0.25) is 4.55 Å². The quantitative estimate of drug-likeness (QED) is 0.0380. The van der Waals surface area contributed by atoms with E-state index in [1.807, 2.05) is 67.8 Å². The van der Waals surface area contributed by atoms with E-state index in [1.165, 1.54) is 24.3 Å². The van der Waals surface area contributed by atoms with Crippen molar-refractivity contribution in [3.8, 4) is 17.2 Å². The lowest BCUT2D eigenvalue weighted by Gasteiger charge is -2.14. The molecule has 43 heavy (non-hydrogen) atoms. The minimum absolute atomic E-state index is 0.0502. The number of carbonyl (C=O) groups is 2. The largest absolute Gasteiger partial charge is 0.506 e. The molecule has 2 N–H and O–H groups in total. The van der Waals surface area contributed by atoms with Crippen LogP contribution in [0.3, 0.4) is 0 Å². The molecule has 0 aliphatic heterocycles. The fourth-order valence-corrected chi connectivity index (χ4v) is 8.20. The van der Waals surface area contributed by atoms with E-state index in [-0.39, 0.29) is 41.2 Å². The normalized spacial score (nSPS) is 11.4. The van der Waals surface area contributed by atoms with Crippen molar-refractivity contribution in [1.82, 2.24) is 0 Å². The van der Waals surface area contributed by atoms with Crippen LogP contribution in [0.2, 0.25) is 0 Å². The molecule has 0 amide bonds. The highest BCUT2D eigenvalue weighted by molar-refractivity contribution is 14.1. The molecule has 0 radical (unpaired) electrons. The van der Waals surface area contributed by atoms with E-state index in [9.17, 15) is 40.7 Å². The van der Waals surface area contributed by atoms with Gasteiger partial charge in [0, 0.05) is 8.96 Å². The molecule has 0 saturated heterocycles. The predicted molar refractivity (Wildman–Crippen MR) is 167 cm³/mol. The van der Waals surface area contributed by atoms with Gasteiger partial charge in [-0.05, 0) is 91.4 Å². The molecule has 4 rings (SSSR count). The summed E-state index contributed by atoms with van der Waals surface area (Å²) in [5.41, 5.74) is -0.122. The third kappa shape index (κ3) is 6.78. The molecule has 4 aromatic rings. The number of rotatable bonds is 8. The fourth-order valence-electron chi connectivity index (χ4n) is 3.76. The van der Waals surface area contributed by atoms with Gasteiger partial charge >= 0.3 is 22.1 Å². The van der Waals surface area contributed by atoms with E-state index >= 15 is 0 Å². The van der Waals surface area contributed by atoms with Gasteiger partial charge in [0.05, 0.1) is 18.3 Å². The van der Waals surface area contributed by atoms with E-state index in [0.717, 1.165) is 6.07 Å². The van der Waals surface area contributed by atoms with Crippen molar-refractivity contribution >= 4 is 101 Å². The molecule has 9 nitrogen and oxygen atoms in total. The minimum Gasteiger partial charge on any atom is -0.506 e. The number of ether oxygens (including phenoxy) is 3. The Morgan fingerprint density at radius 1 is 0.814 bits per heavy atom. The van der Waals surface area contributed by atoms with Crippen LogP contribution in [-0.4, -0.2) is 43.2 Å². The number of aromatic hydroxyl groups is 1. The standard InChI is InChI=1S/C26H13F4I3O9S/c27-17-19(29)24(43(37,38)39)20(30)18(28)23(17)42-25(35)12-5-6-15(11-4-2-1-3-10(11)12)40-7-8-41-26(36)16-13(31)9-14(32)22(34)21(16)33/h1-6,9,34H,7-8H2,(H,37,38,39). The lowest BCUT2D eigenvalue weighted by Crippen LogP contribution is -2.16. The summed E-state index contributed by atoms with van der Waals surface area (Å²) in [4.78, 5) is 23.2. The van der Waals surface area contributed by atoms with Crippen LogP contribution in [0, 0.1) is 34.0 Å². The van der Waals surface area contributed by atoms with Crippen LogP contribution < -0.4 is 9.47 Å². The second kappa shape index (κ2) is 13.2. The zero-order valence-corrected chi connectivity index (χ0v) is 28.1. The molecule has 0 aliphatic rings. The highest BCUT2D eigenvalue weighted by Gasteiger charge is 2.34. The van der Waals surface area contributed by atoms with Gasteiger partial charge in [-0.1, -0.05) is 24.3 Å². The maximum Gasteiger partial charge on any atom is 0.344 e. The highest BCUT2D eigenvalue weighted by Crippen LogP contribution is 2.35. The third-order valence-corrected chi connectivity index (χ3v) is 9.26. The van der Waals surface area contributed by atoms with Crippen LogP contribution >= 0.6 is 67.8 Å². The van der Waals surface area contributed by atoms with Crippen molar-refractivity contribution in [2.75, 3.05) is 13.2 Å². The summed E-state index contributed by atoms with van der Waals surface area (Å²) in [5, 5.41) is 10.6. The number of halogens is 7. The Balaban J connectivity index is 1.54. The topological polar surface area (TPSA) is 136 Å². The van der Waals surface area contributed by atoms with E-state index in [1.54, 1.807) is 12.1 Å². The Kier molecular flexibility index (Phi) is 10.3. The van der Waals surface area contributed by atoms with Gasteiger partial charge in [-0.15, -0.1) is 0 Å². The van der Waals surface area contributed by atoms with Gasteiger partial charge < -0.3 is 19.3 Å². The molecule has 0 aromatic heterocycles. The van der Waals surface area contributed by atoms with Crippen molar-refractivity contribution in [3.63, 3.8) is 0 Å². The van der Waals surface area contributed by atoms with E-state index < -0.39 is 56.0 Å². The van der Waals surface area contributed by atoms with Gasteiger partial charge in [0.1, 0.15) is 24.7 Å². The van der Waals surface area contributed by atoms with E-state index in [2.05, 4.69) is 4.74 Å². The van der Waals surface area contributed by atoms with Crippen LogP contribution in [0.4, 0.5) is 17.6 Å². The minimum atomic E-state index is -5.70. The second-order valence-corrected chi connectivity index (χ2v) is 13.1. The molecule has 226 valence electrons. The molecule has 4 aromatic carbocycles. The molecule has 17 heteroatoms. The lowest BCUT2D eigenvalue weighted by molar-refractivity contribution is 0.0448. The highest BCUT2D eigenvalue weighted by atomic mass is 127. The van der Waals surface area contributed by atoms with Crippen LogP contribution in [0.25, 0.3) is 10.8 Å². The van der Waals surface area contributed by atoms with Gasteiger partial charge in [0.25, 0.3) is 0 Å². The number of carbonyl (C=O) groups excluding carboxylic acids is 2. The number of hydrogen-bond acceptors (Lipinski definition) is 8. The number of hydrogen-bond donors (Lipinski definition) is 2. The van der Waals surface area contributed by atoms with E-state index in [0.29, 0.717) is 16.1 Å². The number of esters is 2. The van der Waals surface area contributed by atoms with Crippen molar-refractivity contribution in [3.05, 3.63) is 87.6 Å². The summed E-state index contributed by atoms with van der Waals surface area (Å²) >= 11 is 5.71. The number of benzene rings is 4. The summed E-state index contributed by atoms with van der Waals surface area (Å²) < 4.78 is 105. The summed E-state index contributed by atoms with van der Waals surface area (Å²) in [5.74, 6) is -13.5. The SMILES string of the molecule is O=C(OCCOc1ccc(C(=O)Oc2c(F)c(F)c(S(=O)(=O)O)c(F)c2F)c2ccccc12)c1c(I)cc(I)c(O)c1I. The van der Waals surface area contributed by atoms with Crippen molar-refractivity contribution in [2.45, 2.75) is 4.90 Å². The molecule has 0 fully saturated rings. The predicted octanol–water partition coefficient (Wildman–Crippen LogP) is 6.62. The Bertz CT molecular complexity index is 1890. The maximum atomic E-state index is 14.4. The molecule has 0 spiro atoms. The first kappa shape index (κ1) is 33.4. The molecule has 0 heterocycles. The monoisotopic (exact) mass is 958 g/mol. The van der Waals surface area contributed by atoms with Crippen LogP contribution in [0.15, 0.2) is 47.4 Å². The average molecular weight is 958 g/mol. The summed E-state index contributed by atoms with van der Waals surface area (Å²) in [6, 6.07) is 10.1. The number of phenolic OH excluding ortho intramolecular Hbond substituents is 1. The Morgan fingerprint density at radius 2 is 1.42 bits per heavy atom. The molecule has 0 atom stereocenters. The Morgan fingerprint density at radius 3 is 2.02 bits per heavy atom. The smallest absolute Gasteiger partial charge is 0.344 e. The number of fused-ring (bicyclic) bond motifs is 1. The van der Waals surface area contributed by atoms with Crippen LogP contribution in [0.5, 0.6) is 17.2 Å². The van der Waals surface area contributed by atoms with Crippen molar-refractivity contribution in [2.24, 2.45) is 0 Å². The average Bonchev–Trinajstić information content (AvgIpc) is 2.94. The van der Waals surface area contributed by atoms with E-state index in [4.69, 9.17) is 14.0 Å². The van der Waals surface area contributed by atoms with Gasteiger partial charge in [0.15, 0.2) is 16.5 Å². The zero-order valence-electron chi connectivity index (χ0n) is 20.8. The second-order valence-electron chi connectivity index (χ2n) is 8.30. The zero-order chi connectivity index (χ0) is 31.8. The third-order valence-electron chi connectivity index (χ3n) is 5.66. The van der Waals surface area contributed by atoms with Gasteiger partial charge in [0.2, 0.25) is 17.4 Å². The molecule has 0 saturated carbocycles. The van der Waals surface area contributed by atoms with Gasteiger partial charge in [-0.25, -0.2) is 18.4 Å². The first-order valence-electron chi connectivity index (χ1n) is 11.4. The van der Waals surface area contributed by atoms with Crippen molar-refractivity contribution in [1.29, 1.82) is 0 Å². The van der Waals surface area contributed by atoms with Crippen LogP contribution in [0.1, 0.15) is 20.7 Å². The first-order valence-corrected chi connectivity index (χ1v) is 16.1. The molecule has 0 unspecified atom stereocenters. The maximum absolute atomic E-state index is 14.4. The summed E-state index contributed by atoms with van der Waals surface area (Å²) in [6.07, 6.45) is 0. The summed E-state index contributed by atoms with van der Waals surface area (Å²) in [7, 11) is -5.70. The molecule has 0 bridgehead atoms. The van der Waals surface area contributed by atoms with Crippen molar-refractivity contribution < 1.29 is 59.4 Å². The Labute approximate surface area is 280 Å². The fraction of sp³-hybridized carbons (Fsp3) is 0.0769. The summed E-state index contributed by atoms with van der Waals surface area (Å²) in [6.45, 7) is -0.344. The first-order chi connectivity index (χ1) is 20.1. The molecule has 0 aliphatic carbocycles. The molecular formula is C26H13F4I3O9S. The Hall–Kier alpha value is -2.50. The molecular weight excluding hydrogens is 945 g/mol.